The predicted molar refractivity (Wildman–Crippen MR) is 72.4 cm³/mol. The van der Waals surface area contributed by atoms with Crippen molar-refractivity contribution in [3.8, 4) is 0 Å². The third-order valence-corrected chi connectivity index (χ3v) is 4.97. The number of rotatable bonds is 2. The van der Waals surface area contributed by atoms with E-state index in [0.29, 0.717) is 0 Å². The number of carbonyl (C=O) groups is 1. The first kappa shape index (κ1) is 13.1. The van der Waals surface area contributed by atoms with Crippen molar-refractivity contribution in [2.24, 2.45) is 0 Å². The molecule has 0 aromatic carbocycles. The van der Waals surface area contributed by atoms with E-state index in [9.17, 15) is 9.90 Å². The first-order valence-electron chi connectivity index (χ1n) is 5.67. The fourth-order valence-electron chi connectivity index (χ4n) is 2.32. The Morgan fingerprint density at radius 2 is 2.35 bits per heavy atom. The number of halogens is 1. The molecule has 1 N–H and O–H groups in total. The number of aliphatic hydroxyl groups is 1. The first-order chi connectivity index (χ1) is 7.91. The second-order valence-corrected chi connectivity index (χ2v) is 6.68. The quantitative estimate of drug-likeness (QED) is 0.911. The normalized spacial score (nSPS) is 20.9. The molecular weight excluding hydrogens is 302 g/mol. The zero-order valence-electron chi connectivity index (χ0n) is 9.94. The van der Waals surface area contributed by atoms with Crippen molar-refractivity contribution >= 4 is 33.2 Å². The smallest absolute Gasteiger partial charge is 0.265 e. The van der Waals surface area contributed by atoms with Crippen LogP contribution in [0.15, 0.2) is 15.9 Å². The number of nitrogens with zero attached hydrogens (tertiary/aromatic N) is 1. The van der Waals surface area contributed by atoms with Gasteiger partial charge in [0.1, 0.15) is 4.88 Å². The average molecular weight is 318 g/mol. The summed E-state index contributed by atoms with van der Waals surface area (Å²) in [4.78, 5) is 14.9. The van der Waals surface area contributed by atoms with Gasteiger partial charge >= 0.3 is 0 Å². The second kappa shape index (κ2) is 4.71. The maximum atomic E-state index is 12.4. The highest BCUT2D eigenvalue weighted by atomic mass is 79.9. The molecule has 1 aromatic heterocycles. The standard InChI is InChI=1S/C12H16BrNO2S/c1-12(2,16)9-4-3-6-14(9)11(15)10-8(13)5-7-17-10/h5,7,9,16H,3-4,6H2,1-2H3. The summed E-state index contributed by atoms with van der Waals surface area (Å²) in [5.74, 6) is 0.0245. The van der Waals surface area contributed by atoms with Crippen LogP contribution in [0.4, 0.5) is 0 Å². The Balaban J connectivity index is 2.23. The van der Waals surface area contributed by atoms with Crippen LogP contribution in [-0.2, 0) is 0 Å². The van der Waals surface area contributed by atoms with E-state index in [4.69, 9.17) is 0 Å². The van der Waals surface area contributed by atoms with E-state index in [0.717, 1.165) is 28.7 Å². The van der Waals surface area contributed by atoms with Crippen LogP contribution >= 0.6 is 27.3 Å². The van der Waals surface area contributed by atoms with E-state index in [2.05, 4.69) is 15.9 Å². The van der Waals surface area contributed by atoms with Gasteiger partial charge in [0.2, 0.25) is 0 Å². The highest BCUT2D eigenvalue weighted by Gasteiger charge is 2.39. The molecule has 0 bridgehead atoms. The number of hydrogen-bond acceptors (Lipinski definition) is 3. The van der Waals surface area contributed by atoms with Gasteiger partial charge in [0.05, 0.1) is 11.6 Å². The lowest BCUT2D eigenvalue weighted by Crippen LogP contribution is -2.48. The molecule has 0 radical (unpaired) electrons. The minimum atomic E-state index is -0.837. The van der Waals surface area contributed by atoms with Crippen LogP contribution < -0.4 is 0 Å². The van der Waals surface area contributed by atoms with Crippen molar-refractivity contribution in [1.29, 1.82) is 0 Å². The highest BCUT2D eigenvalue weighted by Crippen LogP contribution is 2.31. The van der Waals surface area contributed by atoms with Gasteiger partial charge in [-0.1, -0.05) is 0 Å². The summed E-state index contributed by atoms with van der Waals surface area (Å²) in [6.45, 7) is 4.28. The largest absolute Gasteiger partial charge is 0.388 e. The summed E-state index contributed by atoms with van der Waals surface area (Å²) >= 11 is 4.82. The van der Waals surface area contributed by atoms with Crippen molar-refractivity contribution < 1.29 is 9.90 Å². The number of amides is 1. The van der Waals surface area contributed by atoms with E-state index >= 15 is 0 Å². The Bertz CT molecular complexity index is 424. The van der Waals surface area contributed by atoms with Crippen LogP contribution in [-0.4, -0.2) is 34.1 Å². The molecule has 3 nitrogen and oxygen atoms in total. The Morgan fingerprint density at radius 1 is 1.65 bits per heavy atom. The van der Waals surface area contributed by atoms with E-state index in [1.807, 2.05) is 11.4 Å². The SMILES string of the molecule is CC(C)(O)C1CCCN1C(=O)c1sccc1Br. The molecule has 1 amide bonds. The summed E-state index contributed by atoms with van der Waals surface area (Å²) in [6.07, 6.45) is 1.83. The van der Waals surface area contributed by atoms with Gasteiger partial charge in [-0.25, -0.2) is 0 Å². The molecule has 0 aliphatic carbocycles. The third kappa shape index (κ3) is 2.56. The van der Waals surface area contributed by atoms with E-state index in [-0.39, 0.29) is 11.9 Å². The molecule has 1 aliphatic rings. The monoisotopic (exact) mass is 317 g/mol. The number of hydrogen-bond donors (Lipinski definition) is 1. The van der Waals surface area contributed by atoms with Gasteiger partial charge in [0.25, 0.3) is 5.91 Å². The molecule has 5 heteroatoms. The fraction of sp³-hybridized carbons (Fsp3) is 0.583. The first-order valence-corrected chi connectivity index (χ1v) is 7.35. The minimum absolute atomic E-state index is 0.0245. The lowest BCUT2D eigenvalue weighted by atomic mass is 9.96. The molecule has 1 aromatic rings. The molecule has 0 spiro atoms. The van der Waals surface area contributed by atoms with Crippen LogP contribution in [0.3, 0.4) is 0 Å². The molecule has 1 unspecified atom stereocenters. The minimum Gasteiger partial charge on any atom is -0.388 e. The Labute approximate surface area is 114 Å². The van der Waals surface area contributed by atoms with Gasteiger partial charge in [-0.2, -0.15) is 0 Å². The van der Waals surface area contributed by atoms with Gasteiger partial charge in [-0.15, -0.1) is 11.3 Å². The summed E-state index contributed by atoms with van der Waals surface area (Å²) in [5.41, 5.74) is -0.837. The van der Waals surface area contributed by atoms with Gasteiger partial charge in [-0.05, 0) is 54.1 Å². The van der Waals surface area contributed by atoms with Crippen LogP contribution in [0.1, 0.15) is 36.4 Å². The second-order valence-electron chi connectivity index (χ2n) is 4.91. The average Bonchev–Trinajstić information content (AvgIpc) is 2.82. The van der Waals surface area contributed by atoms with Gasteiger partial charge in [0, 0.05) is 11.0 Å². The fourth-order valence-corrected chi connectivity index (χ4v) is 3.82. The van der Waals surface area contributed by atoms with E-state index in [1.165, 1.54) is 11.3 Å². The summed E-state index contributed by atoms with van der Waals surface area (Å²) in [7, 11) is 0. The molecular formula is C12H16BrNO2S. The van der Waals surface area contributed by atoms with Crippen molar-refractivity contribution in [2.45, 2.75) is 38.3 Å². The molecule has 17 heavy (non-hydrogen) atoms. The predicted octanol–water partition coefficient (Wildman–Crippen LogP) is 2.89. The van der Waals surface area contributed by atoms with Crippen LogP contribution in [0.25, 0.3) is 0 Å². The zero-order valence-corrected chi connectivity index (χ0v) is 12.3. The molecule has 1 fully saturated rings. The van der Waals surface area contributed by atoms with Gasteiger partial charge < -0.3 is 10.0 Å². The lowest BCUT2D eigenvalue weighted by molar-refractivity contribution is 0.000488. The lowest BCUT2D eigenvalue weighted by Gasteiger charge is -2.33. The molecule has 94 valence electrons. The molecule has 2 heterocycles. The van der Waals surface area contributed by atoms with Crippen molar-refractivity contribution in [1.82, 2.24) is 4.90 Å². The van der Waals surface area contributed by atoms with Crippen LogP contribution in [0.5, 0.6) is 0 Å². The van der Waals surface area contributed by atoms with E-state index in [1.54, 1.807) is 18.7 Å². The summed E-state index contributed by atoms with van der Waals surface area (Å²) < 4.78 is 0.842. The zero-order chi connectivity index (χ0) is 12.6. The van der Waals surface area contributed by atoms with E-state index < -0.39 is 5.60 Å². The number of carbonyl (C=O) groups excluding carboxylic acids is 1. The van der Waals surface area contributed by atoms with Crippen molar-refractivity contribution in [2.75, 3.05) is 6.54 Å². The number of likely N-dealkylation sites (tertiary alicyclic amines) is 1. The Hall–Kier alpha value is -0.390. The van der Waals surface area contributed by atoms with Crippen molar-refractivity contribution in [3.05, 3.63) is 20.8 Å². The number of thiophene rings is 1. The molecule has 2 rings (SSSR count). The maximum absolute atomic E-state index is 12.4. The third-order valence-electron chi connectivity index (χ3n) is 3.14. The summed E-state index contributed by atoms with van der Waals surface area (Å²) in [6, 6.07) is 1.80. The molecule has 1 saturated heterocycles. The van der Waals surface area contributed by atoms with Gasteiger partial charge in [-0.3, -0.25) is 4.79 Å². The van der Waals surface area contributed by atoms with Crippen molar-refractivity contribution in [3.63, 3.8) is 0 Å². The highest BCUT2D eigenvalue weighted by molar-refractivity contribution is 9.10. The molecule has 1 aliphatic heterocycles. The topological polar surface area (TPSA) is 40.5 Å². The Morgan fingerprint density at radius 3 is 2.88 bits per heavy atom. The van der Waals surface area contributed by atoms with Gasteiger partial charge in [0.15, 0.2) is 0 Å². The maximum Gasteiger partial charge on any atom is 0.265 e. The summed E-state index contributed by atoms with van der Waals surface area (Å²) in [5, 5.41) is 12.0. The molecule has 1 atom stereocenters. The van der Waals surface area contributed by atoms with Crippen LogP contribution in [0, 0.1) is 0 Å². The molecule has 0 saturated carbocycles. The van der Waals surface area contributed by atoms with Crippen LogP contribution in [0.2, 0.25) is 0 Å². The Kier molecular flexibility index (Phi) is 3.61.